The molecule has 2 saturated carbocycles. The van der Waals surface area contributed by atoms with Crippen molar-refractivity contribution < 1.29 is 9.53 Å². The van der Waals surface area contributed by atoms with Gasteiger partial charge in [0, 0.05) is 56.6 Å². The summed E-state index contributed by atoms with van der Waals surface area (Å²) in [6, 6.07) is 2.55. The zero-order valence-corrected chi connectivity index (χ0v) is 20.5. The molecule has 0 bridgehead atoms. The molecule has 1 aromatic heterocycles. The van der Waals surface area contributed by atoms with Gasteiger partial charge in [-0.05, 0) is 68.4 Å². The summed E-state index contributed by atoms with van der Waals surface area (Å²) < 4.78 is 5.07. The van der Waals surface area contributed by atoms with E-state index in [-0.39, 0.29) is 12.0 Å². The Hall–Kier alpha value is -1.46. The molecule has 2 N–H and O–H groups in total. The first-order valence-electron chi connectivity index (χ1n) is 13.2. The van der Waals surface area contributed by atoms with E-state index in [1.54, 1.807) is 0 Å². The molecule has 5 rings (SSSR count). The number of nitrogens with zero attached hydrogens (tertiary/aromatic N) is 2. The monoisotopic (exact) mass is 443 g/mol. The van der Waals surface area contributed by atoms with Crippen molar-refractivity contribution in [3.05, 3.63) is 29.1 Å². The zero-order chi connectivity index (χ0) is 22.8. The molecule has 1 saturated heterocycles. The lowest BCUT2D eigenvalue weighted by Crippen LogP contribution is -2.39. The third-order valence-corrected chi connectivity index (χ3v) is 7.10. The Bertz CT molecular complexity index is 687. The first-order chi connectivity index (χ1) is 15.6. The molecule has 5 nitrogen and oxygen atoms in total. The molecule has 32 heavy (non-hydrogen) atoms. The van der Waals surface area contributed by atoms with Crippen LogP contribution in [0.1, 0.15) is 107 Å². The van der Waals surface area contributed by atoms with Crippen molar-refractivity contribution in [1.29, 1.82) is 0 Å². The van der Waals surface area contributed by atoms with Crippen LogP contribution in [0.25, 0.3) is 0 Å². The van der Waals surface area contributed by atoms with E-state index < -0.39 is 0 Å². The van der Waals surface area contributed by atoms with Gasteiger partial charge in [-0.1, -0.05) is 39.2 Å². The van der Waals surface area contributed by atoms with Gasteiger partial charge in [0.25, 0.3) is 0 Å². The number of carbonyl (C=O) groups excluding carboxylic acids is 1. The Morgan fingerprint density at radius 2 is 1.81 bits per heavy atom. The van der Waals surface area contributed by atoms with Gasteiger partial charge in [-0.3, -0.25) is 9.78 Å². The first kappa shape index (κ1) is 25.2. The van der Waals surface area contributed by atoms with Crippen LogP contribution >= 0.6 is 0 Å². The molecule has 2 aliphatic heterocycles. The summed E-state index contributed by atoms with van der Waals surface area (Å²) in [6.45, 7) is 7.81. The predicted octanol–water partition coefficient (Wildman–Crippen LogP) is 5.35. The topological polar surface area (TPSA) is 68.5 Å². The number of aromatic nitrogens is 1. The molecule has 3 heterocycles. The van der Waals surface area contributed by atoms with Crippen molar-refractivity contribution >= 4 is 5.91 Å². The summed E-state index contributed by atoms with van der Waals surface area (Å²) in [4.78, 5) is 19.5. The molecule has 3 fully saturated rings. The second kappa shape index (κ2) is 13.3. The maximum Gasteiger partial charge on any atom is 0.226 e. The minimum absolute atomic E-state index is 0.150. The Labute approximate surface area is 195 Å². The van der Waals surface area contributed by atoms with Crippen LogP contribution in [0.4, 0.5) is 0 Å². The van der Waals surface area contributed by atoms with Crippen molar-refractivity contribution in [1.82, 2.24) is 9.88 Å². The SMILES string of the molecule is C1CCOCC1.CCC.NC1CCC(C(=O)N2CCc3ncc(C4CCCC4)cc3C2)C1. The van der Waals surface area contributed by atoms with Crippen LogP contribution in [0.2, 0.25) is 0 Å². The average molecular weight is 444 g/mol. The van der Waals surface area contributed by atoms with E-state index in [0.29, 0.717) is 11.8 Å². The Kier molecular flexibility index (Phi) is 10.5. The van der Waals surface area contributed by atoms with Crippen molar-refractivity contribution in [3.63, 3.8) is 0 Å². The molecule has 1 aromatic rings. The fourth-order valence-corrected chi connectivity index (χ4v) is 5.30. The molecule has 5 heteroatoms. The number of fused-ring (bicyclic) bond motifs is 1. The number of hydrogen-bond donors (Lipinski definition) is 1. The largest absolute Gasteiger partial charge is 0.381 e. The van der Waals surface area contributed by atoms with Crippen molar-refractivity contribution in [2.24, 2.45) is 11.7 Å². The standard InChI is InChI=1S/C19H27N3O.C5H10O.C3H8/c20-17-6-5-14(10-17)19(23)22-8-7-18-16(12-22)9-15(11-21-18)13-3-1-2-4-13;1-2-4-6-5-3-1;1-3-2/h9,11,13-14,17H,1-8,10,12,20H2;1-5H2;3H2,1-2H3. The summed E-state index contributed by atoms with van der Waals surface area (Å²) in [5.74, 6) is 1.15. The quantitative estimate of drug-likeness (QED) is 0.668. The molecule has 1 amide bonds. The zero-order valence-electron chi connectivity index (χ0n) is 20.5. The highest BCUT2D eigenvalue weighted by atomic mass is 16.5. The highest BCUT2D eigenvalue weighted by Crippen LogP contribution is 2.35. The summed E-state index contributed by atoms with van der Waals surface area (Å²) in [7, 11) is 0. The number of pyridine rings is 1. The third kappa shape index (κ3) is 7.28. The summed E-state index contributed by atoms with van der Waals surface area (Å²) >= 11 is 0. The molecule has 0 aromatic carbocycles. The van der Waals surface area contributed by atoms with Crippen molar-refractivity contribution in [3.8, 4) is 0 Å². The summed E-state index contributed by atoms with van der Waals surface area (Å²) in [6.07, 6.45) is 16.3. The third-order valence-electron chi connectivity index (χ3n) is 7.10. The first-order valence-corrected chi connectivity index (χ1v) is 13.2. The normalized spacial score (nSPS) is 25.3. The number of hydrogen-bond acceptors (Lipinski definition) is 4. The summed E-state index contributed by atoms with van der Waals surface area (Å²) in [5, 5.41) is 0. The number of ether oxygens (including phenoxy) is 1. The second-order valence-electron chi connectivity index (χ2n) is 10.0. The van der Waals surface area contributed by atoms with Gasteiger partial charge < -0.3 is 15.4 Å². The Balaban J connectivity index is 0.000000271. The van der Waals surface area contributed by atoms with Gasteiger partial charge in [-0.2, -0.15) is 0 Å². The van der Waals surface area contributed by atoms with Crippen molar-refractivity contribution in [2.75, 3.05) is 19.8 Å². The molecular formula is C27H45N3O2. The number of nitrogens with two attached hydrogens (primary N) is 1. The van der Waals surface area contributed by atoms with Crippen LogP contribution in [0.3, 0.4) is 0 Å². The molecule has 180 valence electrons. The maximum absolute atomic E-state index is 12.7. The van der Waals surface area contributed by atoms with Gasteiger partial charge in [-0.15, -0.1) is 0 Å². The smallest absolute Gasteiger partial charge is 0.226 e. The van der Waals surface area contributed by atoms with E-state index in [2.05, 4.69) is 26.1 Å². The Morgan fingerprint density at radius 1 is 1.09 bits per heavy atom. The molecule has 2 aliphatic carbocycles. The van der Waals surface area contributed by atoms with Gasteiger partial charge in [-0.25, -0.2) is 0 Å². The van der Waals surface area contributed by atoms with E-state index in [0.717, 1.165) is 52.0 Å². The van der Waals surface area contributed by atoms with Crippen LogP contribution in [0, 0.1) is 5.92 Å². The highest BCUT2D eigenvalue weighted by molar-refractivity contribution is 5.79. The maximum atomic E-state index is 12.7. The van der Waals surface area contributed by atoms with Gasteiger partial charge in [0.15, 0.2) is 0 Å². The second-order valence-corrected chi connectivity index (χ2v) is 10.0. The molecule has 4 aliphatic rings. The van der Waals surface area contributed by atoms with Gasteiger partial charge >= 0.3 is 0 Å². The van der Waals surface area contributed by atoms with Gasteiger partial charge in [0.2, 0.25) is 5.91 Å². The number of rotatable bonds is 2. The molecular weight excluding hydrogens is 398 g/mol. The molecule has 0 spiro atoms. The minimum Gasteiger partial charge on any atom is -0.381 e. The van der Waals surface area contributed by atoms with Crippen LogP contribution < -0.4 is 5.73 Å². The Morgan fingerprint density at radius 3 is 2.38 bits per heavy atom. The van der Waals surface area contributed by atoms with Crippen LogP contribution in [0.15, 0.2) is 12.3 Å². The summed E-state index contributed by atoms with van der Waals surface area (Å²) in [5.41, 5.74) is 9.83. The lowest BCUT2D eigenvalue weighted by molar-refractivity contribution is -0.136. The highest BCUT2D eigenvalue weighted by Gasteiger charge is 2.33. The lowest BCUT2D eigenvalue weighted by Gasteiger charge is -2.31. The lowest BCUT2D eigenvalue weighted by atomic mass is 9.94. The average Bonchev–Trinajstić information content (AvgIpc) is 3.52. The van der Waals surface area contributed by atoms with Gasteiger partial charge in [0.05, 0.1) is 0 Å². The van der Waals surface area contributed by atoms with Crippen LogP contribution in [-0.2, 0) is 22.5 Å². The predicted molar refractivity (Wildman–Crippen MR) is 131 cm³/mol. The van der Waals surface area contributed by atoms with Crippen molar-refractivity contribution in [2.45, 2.75) is 109 Å². The van der Waals surface area contributed by atoms with E-state index in [1.165, 1.54) is 68.2 Å². The molecule has 2 atom stereocenters. The fraction of sp³-hybridized carbons (Fsp3) is 0.778. The number of amides is 1. The minimum atomic E-state index is 0.150. The van der Waals surface area contributed by atoms with Gasteiger partial charge in [0.1, 0.15) is 0 Å². The van der Waals surface area contributed by atoms with E-state index in [9.17, 15) is 4.79 Å². The number of carbonyl (C=O) groups is 1. The fourth-order valence-electron chi connectivity index (χ4n) is 5.30. The van der Waals surface area contributed by atoms with E-state index >= 15 is 0 Å². The molecule has 2 unspecified atom stereocenters. The molecule has 0 radical (unpaired) electrons. The van der Waals surface area contributed by atoms with E-state index in [4.69, 9.17) is 15.5 Å². The van der Waals surface area contributed by atoms with Crippen LogP contribution in [0.5, 0.6) is 0 Å². The van der Waals surface area contributed by atoms with Crippen LogP contribution in [-0.4, -0.2) is 41.6 Å². The van der Waals surface area contributed by atoms with E-state index in [1.807, 2.05) is 4.90 Å².